The van der Waals surface area contributed by atoms with Crippen LogP contribution in [0.4, 0.5) is 10.5 Å². The highest BCUT2D eigenvalue weighted by Crippen LogP contribution is 2.29. The topological polar surface area (TPSA) is 35.6 Å². The Morgan fingerprint density at radius 3 is 2.54 bits per heavy atom. The summed E-state index contributed by atoms with van der Waals surface area (Å²) in [5.41, 5.74) is 2.16. The predicted octanol–water partition coefficient (Wildman–Crippen LogP) is 4.05. The van der Waals surface area contributed by atoms with Gasteiger partial charge in [-0.2, -0.15) is 0 Å². The van der Waals surface area contributed by atoms with Crippen molar-refractivity contribution in [1.82, 2.24) is 9.80 Å². The Morgan fingerprint density at radius 1 is 1.21 bits per heavy atom. The SMILES string of the molecule is CN(C)CCc1ccc(NC(=O)N(Cc2cccs2)C2CC2)cc1. The Labute approximate surface area is 148 Å². The van der Waals surface area contributed by atoms with Crippen molar-refractivity contribution < 1.29 is 4.79 Å². The van der Waals surface area contributed by atoms with E-state index in [1.807, 2.05) is 23.1 Å². The molecule has 1 aliphatic carbocycles. The highest BCUT2D eigenvalue weighted by molar-refractivity contribution is 7.09. The van der Waals surface area contributed by atoms with Crippen LogP contribution in [0, 0.1) is 0 Å². The first kappa shape index (κ1) is 17.0. The number of carbonyl (C=O) groups excluding carboxylic acids is 1. The lowest BCUT2D eigenvalue weighted by Crippen LogP contribution is -2.36. The first-order chi connectivity index (χ1) is 11.6. The minimum Gasteiger partial charge on any atom is -0.316 e. The summed E-state index contributed by atoms with van der Waals surface area (Å²) >= 11 is 1.70. The van der Waals surface area contributed by atoms with Crippen molar-refractivity contribution >= 4 is 23.1 Å². The number of hydrogen-bond donors (Lipinski definition) is 1. The average molecular weight is 343 g/mol. The van der Waals surface area contributed by atoms with Gasteiger partial charge in [-0.15, -0.1) is 11.3 Å². The van der Waals surface area contributed by atoms with E-state index in [1.165, 1.54) is 10.4 Å². The maximum atomic E-state index is 12.6. The van der Waals surface area contributed by atoms with Crippen molar-refractivity contribution in [2.45, 2.75) is 31.8 Å². The third-order valence-corrected chi connectivity index (χ3v) is 5.07. The zero-order valence-electron chi connectivity index (χ0n) is 14.4. The van der Waals surface area contributed by atoms with Gasteiger partial charge in [0, 0.05) is 23.2 Å². The summed E-state index contributed by atoms with van der Waals surface area (Å²) in [6.07, 6.45) is 3.25. The Morgan fingerprint density at radius 2 is 1.96 bits per heavy atom. The van der Waals surface area contributed by atoms with E-state index < -0.39 is 0 Å². The van der Waals surface area contributed by atoms with Crippen LogP contribution in [0.2, 0.25) is 0 Å². The van der Waals surface area contributed by atoms with Crippen molar-refractivity contribution in [2.75, 3.05) is 26.0 Å². The normalized spacial score (nSPS) is 14.0. The number of amides is 2. The Bertz CT molecular complexity index is 648. The summed E-state index contributed by atoms with van der Waals surface area (Å²) in [6, 6.07) is 12.7. The van der Waals surface area contributed by atoms with Crippen LogP contribution in [0.25, 0.3) is 0 Å². The van der Waals surface area contributed by atoms with Crippen LogP contribution in [0.5, 0.6) is 0 Å². The van der Waals surface area contributed by atoms with Crippen LogP contribution >= 0.6 is 11.3 Å². The number of likely N-dealkylation sites (N-methyl/N-ethyl adjacent to an activating group) is 1. The lowest BCUT2D eigenvalue weighted by molar-refractivity contribution is 0.206. The van der Waals surface area contributed by atoms with E-state index in [-0.39, 0.29) is 6.03 Å². The van der Waals surface area contributed by atoms with Crippen molar-refractivity contribution in [3.05, 3.63) is 52.2 Å². The molecule has 0 atom stereocenters. The molecule has 24 heavy (non-hydrogen) atoms. The van der Waals surface area contributed by atoms with Gasteiger partial charge in [0.05, 0.1) is 6.54 Å². The van der Waals surface area contributed by atoms with Gasteiger partial charge in [-0.1, -0.05) is 18.2 Å². The fourth-order valence-electron chi connectivity index (χ4n) is 2.63. The Balaban J connectivity index is 1.58. The summed E-state index contributed by atoms with van der Waals surface area (Å²) in [6.45, 7) is 1.73. The molecule has 2 amide bonds. The van der Waals surface area contributed by atoms with Gasteiger partial charge >= 0.3 is 6.03 Å². The molecule has 0 saturated heterocycles. The van der Waals surface area contributed by atoms with Crippen molar-refractivity contribution in [3.63, 3.8) is 0 Å². The number of carbonyl (C=O) groups is 1. The molecule has 0 bridgehead atoms. The third-order valence-electron chi connectivity index (χ3n) is 4.21. The van der Waals surface area contributed by atoms with Gasteiger partial charge in [-0.05, 0) is 62.5 Å². The molecule has 1 aliphatic rings. The number of rotatable bonds is 7. The van der Waals surface area contributed by atoms with E-state index in [0.717, 1.165) is 31.5 Å². The van der Waals surface area contributed by atoms with Crippen molar-refractivity contribution in [1.29, 1.82) is 0 Å². The summed E-state index contributed by atoms with van der Waals surface area (Å²) in [5, 5.41) is 5.11. The summed E-state index contributed by atoms with van der Waals surface area (Å²) < 4.78 is 0. The van der Waals surface area contributed by atoms with Crippen LogP contribution in [0.3, 0.4) is 0 Å². The van der Waals surface area contributed by atoms with Gasteiger partial charge in [0.25, 0.3) is 0 Å². The molecule has 1 heterocycles. The lowest BCUT2D eigenvalue weighted by Gasteiger charge is -2.22. The number of urea groups is 1. The second kappa shape index (κ2) is 7.81. The fraction of sp³-hybridized carbons (Fsp3) is 0.421. The van der Waals surface area contributed by atoms with E-state index in [4.69, 9.17) is 0 Å². The Kier molecular flexibility index (Phi) is 5.53. The van der Waals surface area contributed by atoms with Gasteiger partial charge in [-0.25, -0.2) is 4.79 Å². The largest absolute Gasteiger partial charge is 0.322 e. The average Bonchev–Trinajstić information content (AvgIpc) is 3.27. The first-order valence-electron chi connectivity index (χ1n) is 8.45. The van der Waals surface area contributed by atoms with Gasteiger partial charge < -0.3 is 15.1 Å². The van der Waals surface area contributed by atoms with Gasteiger partial charge in [0.1, 0.15) is 0 Å². The van der Waals surface area contributed by atoms with Crippen LogP contribution in [0.15, 0.2) is 41.8 Å². The molecule has 2 aromatic rings. The molecule has 1 aromatic carbocycles. The van der Waals surface area contributed by atoms with Gasteiger partial charge in [-0.3, -0.25) is 0 Å². The molecular weight excluding hydrogens is 318 g/mol. The minimum atomic E-state index is 0.00643. The molecular formula is C19H25N3OS. The molecule has 0 radical (unpaired) electrons. The molecule has 1 fully saturated rings. The zero-order chi connectivity index (χ0) is 16.9. The number of nitrogens with zero attached hydrogens (tertiary/aromatic N) is 2. The van der Waals surface area contributed by atoms with Crippen LogP contribution in [-0.2, 0) is 13.0 Å². The fourth-order valence-corrected chi connectivity index (χ4v) is 3.33. The second-order valence-corrected chi connectivity index (χ2v) is 7.65. The smallest absolute Gasteiger partial charge is 0.316 e. The highest BCUT2D eigenvalue weighted by atomic mass is 32.1. The number of thiophene rings is 1. The molecule has 3 rings (SSSR count). The number of hydrogen-bond acceptors (Lipinski definition) is 3. The third kappa shape index (κ3) is 4.82. The first-order valence-corrected chi connectivity index (χ1v) is 9.33. The van der Waals surface area contributed by atoms with Crippen molar-refractivity contribution in [2.24, 2.45) is 0 Å². The second-order valence-electron chi connectivity index (χ2n) is 6.62. The number of benzene rings is 1. The van der Waals surface area contributed by atoms with E-state index >= 15 is 0 Å². The molecule has 4 nitrogen and oxygen atoms in total. The van der Waals surface area contributed by atoms with E-state index in [2.05, 4.69) is 47.9 Å². The summed E-state index contributed by atoms with van der Waals surface area (Å²) in [7, 11) is 4.16. The lowest BCUT2D eigenvalue weighted by atomic mass is 10.1. The van der Waals surface area contributed by atoms with E-state index in [1.54, 1.807) is 11.3 Å². The molecule has 5 heteroatoms. The quantitative estimate of drug-likeness (QED) is 0.823. The Hall–Kier alpha value is -1.85. The van der Waals surface area contributed by atoms with E-state index in [0.29, 0.717) is 12.6 Å². The molecule has 128 valence electrons. The monoisotopic (exact) mass is 343 g/mol. The summed E-state index contributed by atoms with van der Waals surface area (Å²) in [4.78, 5) is 18.0. The molecule has 1 N–H and O–H groups in total. The van der Waals surface area contributed by atoms with Gasteiger partial charge in [0.2, 0.25) is 0 Å². The van der Waals surface area contributed by atoms with Gasteiger partial charge in [0.15, 0.2) is 0 Å². The molecule has 1 saturated carbocycles. The van der Waals surface area contributed by atoms with Crippen LogP contribution < -0.4 is 5.32 Å². The van der Waals surface area contributed by atoms with Crippen molar-refractivity contribution in [3.8, 4) is 0 Å². The summed E-state index contributed by atoms with van der Waals surface area (Å²) in [5.74, 6) is 0. The molecule has 0 spiro atoms. The predicted molar refractivity (Wildman–Crippen MR) is 101 cm³/mol. The maximum absolute atomic E-state index is 12.6. The molecule has 0 aliphatic heterocycles. The zero-order valence-corrected chi connectivity index (χ0v) is 15.2. The van der Waals surface area contributed by atoms with Crippen LogP contribution in [0.1, 0.15) is 23.3 Å². The molecule has 0 unspecified atom stereocenters. The minimum absolute atomic E-state index is 0.00643. The number of anilines is 1. The molecule has 1 aromatic heterocycles. The maximum Gasteiger partial charge on any atom is 0.322 e. The number of nitrogens with one attached hydrogen (secondary N) is 1. The van der Waals surface area contributed by atoms with E-state index in [9.17, 15) is 4.79 Å². The highest BCUT2D eigenvalue weighted by Gasteiger charge is 2.32. The van der Waals surface area contributed by atoms with Crippen LogP contribution in [-0.4, -0.2) is 42.5 Å². The standard InChI is InChI=1S/C19H25N3OS/c1-21(2)12-11-15-5-7-16(8-6-15)20-19(23)22(17-9-10-17)14-18-4-3-13-24-18/h3-8,13,17H,9-12,14H2,1-2H3,(H,20,23).